The van der Waals surface area contributed by atoms with Crippen LogP contribution in [0.2, 0.25) is 0 Å². The Labute approximate surface area is 374 Å². The lowest BCUT2D eigenvalue weighted by Gasteiger charge is -2.18. The topological polar surface area (TPSA) is 61.8 Å². The summed E-state index contributed by atoms with van der Waals surface area (Å²) in [5, 5.41) is 0. The van der Waals surface area contributed by atoms with Gasteiger partial charge in [0, 0.05) is 19.4 Å². The second-order valence-electron chi connectivity index (χ2n) is 17.8. The van der Waals surface area contributed by atoms with Gasteiger partial charge in [-0.15, -0.1) is 0 Å². The number of allylic oxidation sites excluding steroid dienone is 6. The van der Waals surface area contributed by atoms with Crippen LogP contribution in [0, 0.1) is 0 Å². The highest BCUT2D eigenvalue weighted by Crippen LogP contribution is 2.15. The fourth-order valence-corrected chi connectivity index (χ4v) is 7.69. The van der Waals surface area contributed by atoms with Crippen molar-refractivity contribution in [2.24, 2.45) is 0 Å². The van der Waals surface area contributed by atoms with E-state index in [0.717, 1.165) is 51.4 Å². The molecule has 0 N–H and O–H groups in total. The predicted molar refractivity (Wildman–Crippen MR) is 261 cm³/mol. The first kappa shape index (κ1) is 58.1. The number of hydrogen-bond acceptors (Lipinski definition) is 5. The molecule has 5 heteroatoms. The quantitative estimate of drug-likeness (QED) is 0.0347. The molecule has 0 aliphatic heterocycles. The van der Waals surface area contributed by atoms with Gasteiger partial charge in [0.2, 0.25) is 0 Å². The fraction of sp³-hybridized carbons (Fsp3) is 0.855. The second-order valence-corrected chi connectivity index (χ2v) is 17.8. The Morgan fingerprint density at radius 1 is 0.367 bits per heavy atom. The van der Waals surface area contributed by atoms with Crippen LogP contribution in [-0.2, 0) is 23.8 Å². The van der Waals surface area contributed by atoms with Crippen LogP contribution in [0.3, 0.4) is 0 Å². The lowest BCUT2D eigenvalue weighted by atomic mass is 10.0. The van der Waals surface area contributed by atoms with Gasteiger partial charge in [-0.25, -0.2) is 0 Å². The molecule has 0 radical (unpaired) electrons. The molecule has 0 fully saturated rings. The van der Waals surface area contributed by atoms with Crippen molar-refractivity contribution in [2.45, 2.75) is 284 Å². The summed E-state index contributed by atoms with van der Waals surface area (Å²) in [4.78, 5) is 25.3. The summed E-state index contributed by atoms with van der Waals surface area (Å²) in [6, 6.07) is 0. The Morgan fingerprint density at radius 3 is 1.15 bits per heavy atom. The van der Waals surface area contributed by atoms with E-state index in [-0.39, 0.29) is 25.2 Å². The van der Waals surface area contributed by atoms with Crippen molar-refractivity contribution < 1.29 is 23.8 Å². The van der Waals surface area contributed by atoms with E-state index < -0.39 is 6.10 Å². The zero-order valence-corrected chi connectivity index (χ0v) is 40.5. The maximum Gasteiger partial charge on any atom is 0.306 e. The molecule has 0 aromatic carbocycles. The monoisotopic (exact) mass is 843 g/mol. The molecule has 352 valence electrons. The molecule has 0 amide bonds. The molecule has 0 saturated carbocycles. The van der Waals surface area contributed by atoms with Crippen molar-refractivity contribution in [3.05, 3.63) is 36.5 Å². The summed E-state index contributed by atoms with van der Waals surface area (Å²) >= 11 is 0. The van der Waals surface area contributed by atoms with Crippen LogP contribution in [0.15, 0.2) is 36.5 Å². The van der Waals surface area contributed by atoms with Gasteiger partial charge in [0.05, 0.1) is 6.61 Å². The Bertz CT molecular complexity index is 955. The molecule has 0 aromatic heterocycles. The van der Waals surface area contributed by atoms with Gasteiger partial charge in [-0.05, 0) is 57.8 Å². The summed E-state index contributed by atoms with van der Waals surface area (Å²) in [7, 11) is 0. The molecular formula is C55H102O5. The van der Waals surface area contributed by atoms with Gasteiger partial charge in [0.25, 0.3) is 0 Å². The van der Waals surface area contributed by atoms with Gasteiger partial charge in [-0.3, -0.25) is 9.59 Å². The largest absolute Gasteiger partial charge is 0.462 e. The summed E-state index contributed by atoms with van der Waals surface area (Å²) in [5.74, 6) is -0.388. The standard InChI is InChI=1S/C55H102O5/c1-4-7-10-13-16-19-22-24-25-26-27-28-29-30-32-35-38-41-44-47-50-58-51-53(60-55(57)49-46-43-40-37-33-21-18-15-12-9-6-3)52-59-54(56)48-45-42-39-36-34-31-23-20-17-14-11-8-5-2/h16,19,24-25,27-28,53H,4-15,17-18,20-23,26,29-52H2,1-3H3/b19-16-,25-24-,28-27-. The Balaban J connectivity index is 4.20. The molecule has 5 nitrogen and oxygen atoms in total. The van der Waals surface area contributed by atoms with Crippen molar-refractivity contribution in [2.75, 3.05) is 19.8 Å². The average molecular weight is 843 g/mol. The third kappa shape index (κ3) is 48.8. The minimum atomic E-state index is -0.534. The normalized spacial score (nSPS) is 12.4. The zero-order valence-electron chi connectivity index (χ0n) is 40.5. The number of carbonyl (C=O) groups is 2. The van der Waals surface area contributed by atoms with E-state index >= 15 is 0 Å². The second kappa shape index (κ2) is 51.5. The number of hydrogen-bond donors (Lipinski definition) is 0. The molecule has 0 heterocycles. The first-order valence-corrected chi connectivity index (χ1v) is 26.5. The molecule has 0 aromatic rings. The number of esters is 2. The Morgan fingerprint density at radius 2 is 0.700 bits per heavy atom. The summed E-state index contributed by atoms with van der Waals surface area (Å²) in [5.41, 5.74) is 0. The van der Waals surface area contributed by atoms with E-state index in [1.165, 1.54) is 193 Å². The predicted octanol–water partition coefficient (Wildman–Crippen LogP) is 17.8. The third-order valence-corrected chi connectivity index (χ3v) is 11.7. The van der Waals surface area contributed by atoms with Crippen molar-refractivity contribution in [3.8, 4) is 0 Å². The van der Waals surface area contributed by atoms with E-state index in [1.54, 1.807) is 0 Å². The highest BCUT2D eigenvalue weighted by molar-refractivity contribution is 5.70. The minimum Gasteiger partial charge on any atom is -0.462 e. The Hall–Kier alpha value is -1.88. The number of ether oxygens (including phenoxy) is 3. The minimum absolute atomic E-state index is 0.0873. The first-order chi connectivity index (χ1) is 29.6. The van der Waals surface area contributed by atoms with Crippen LogP contribution in [0.25, 0.3) is 0 Å². The third-order valence-electron chi connectivity index (χ3n) is 11.7. The molecule has 0 aliphatic rings. The Kier molecular flexibility index (Phi) is 49.9. The summed E-state index contributed by atoms with van der Waals surface area (Å²) < 4.78 is 17.4. The summed E-state index contributed by atoms with van der Waals surface area (Å²) in [6.45, 7) is 7.82. The van der Waals surface area contributed by atoms with E-state index in [0.29, 0.717) is 19.4 Å². The first-order valence-electron chi connectivity index (χ1n) is 26.5. The van der Waals surface area contributed by atoms with Crippen molar-refractivity contribution in [1.29, 1.82) is 0 Å². The van der Waals surface area contributed by atoms with Crippen LogP contribution in [0.4, 0.5) is 0 Å². The molecule has 0 bridgehead atoms. The van der Waals surface area contributed by atoms with Crippen molar-refractivity contribution >= 4 is 11.9 Å². The molecule has 1 atom stereocenters. The number of unbranched alkanes of at least 4 members (excludes halogenated alkanes) is 32. The van der Waals surface area contributed by atoms with Gasteiger partial charge < -0.3 is 14.2 Å². The van der Waals surface area contributed by atoms with Crippen LogP contribution < -0.4 is 0 Å². The van der Waals surface area contributed by atoms with Gasteiger partial charge in [-0.2, -0.15) is 0 Å². The van der Waals surface area contributed by atoms with E-state index in [9.17, 15) is 9.59 Å². The van der Waals surface area contributed by atoms with Gasteiger partial charge >= 0.3 is 11.9 Å². The molecule has 0 rings (SSSR count). The molecular weight excluding hydrogens is 741 g/mol. The molecule has 0 spiro atoms. The number of carbonyl (C=O) groups excluding carboxylic acids is 2. The summed E-state index contributed by atoms with van der Waals surface area (Å²) in [6.07, 6.45) is 61.5. The van der Waals surface area contributed by atoms with Crippen LogP contribution >= 0.6 is 0 Å². The SMILES string of the molecule is CCCCC/C=C\C/C=C\C/C=C\CCCCCCCCCOCC(COC(=O)CCCCCCCCCCCCCCC)OC(=O)CCCCCCCCCCCCC. The average Bonchev–Trinajstić information content (AvgIpc) is 3.25. The van der Waals surface area contributed by atoms with E-state index in [4.69, 9.17) is 14.2 Å². The maximum absolute atomic E-state index is 12.8. The van der Waals surface area contributed by atoms with Gasteiger partial charge in [-0.1, -0.05) is 243 Å². The molecule has 0 saturated heterocycles. The van der Waals surface area contributed by atoms with Crippen LogP contribution in [-0.4, -0.2) is 37.9 Å². The van der Waals surface area contributed by atoms with Gasteiger partial charge in [0.15, 0.2) is 6.10 Å². The number of rotatable bonds is 49. The lowest BCUT2D eigenvalue weighted by Crippen LogP contribution is -2.30. The van der Waals surface area contributed by atoms with Crippen molar-refractivity contribution in [1.82, 2.24) is 0 Å². The fourth-order valence-electron chi connectivity index (χ4n) is 7.69. The smallest absolute Gasteiger partial charge is 0.306 e. The van der Waals surface area contributed by atoms with Crippen LogP contribution in [0.1, 0.15) is 278 Å². The maximum atomic E-state index is 12.8. The lowest BCUT2D eigenvalue weighted by molar-refractivity contribution is -0.163. The van der Waals surface area contributed by atoms with E-state index in [1.807, 2.05) is 0 Å². The molecule has 60 heavy (non-hydrogen) atoms. The van der Waals surface area contributed by atoms with Crippen LogP contribution in [0.5, 0.6) is 0 Å². The zero-order chi connectivity index (χ0) is 43.5. The highest BCUT2D eigenvalue weighted by Gasteiger charge is 2.17. The highest BCUT2D eigenvalue weighted by atomic mass is 16.6. The molecule has 1 unspecified atom stereocenters. The van der Waals surface area contributed by atoms with Gasteiger partial charge in [0.1, 0.15) is 6.61 Å². The van der Waals surface area contributed by atoms with E-state index in [2.05, 4.69) is 57.2 Å². The molecule has 0 aliphatic carbocycles. The van der Waals surface area contributed by atoms with Crippen molar-refractivity contribution in [3.63, 3.8) is 0 Å².